The monoisotopic (exact) mass is 201 g/mol. The molecule has 0 aliphatic rings. The Balaban J connectivity index is 3.01. The molecule has 0 aromatic rings. The molecule has 3 heteroatoms. The van der Waals surface area contributed by atoms with Crippen LogP contribution in [0.2, 0.25) is 0 Å². The predicted octanol–water partition coefficient (Wildman–Crippen LogP) is 1.59. The molecule has 0 fully saturated rings. The average Bonchev–Trinajstić information content (AvgIpc) is 2.17. The highest BCUT2D eigenvalue weighted by Crippen LogP contribution is 1.89. The van der Waals surface area contributed by atoms with Crippen molar-refractivity contribution in [1.82, 2.24) is 5.32 Å². The summed E-state index contributed by atoms with van der Waals surface area (Å²) in [5.74, 6) is 0. The van der Waals surface area contributed by atoms with Crippen molar-refractivity contribution in [2.24, 2.45) is 0 Å². The van der Waals surface area contributed by atoms with Crippen molar-refractivity contribution in [3.05, 3.63) is 12.7 Å². The second kappa shape index (κ2) is 10.7. The minimum absolute atomic E-state index is 0.495. The molecule has 0 heterocycles. The van der Waals surface area contributed by atoms with Crippen LogP contribution in [-0.4, -0.2) is 39.5 Å². The zero-order valence-electron chi connectivity index (χ0n) is 9.42. The highest BCUT2D eigenvalue weighted by Gasteiger charge is 1.96. The Hall–Kier alpha value is -0.380. The van der Waals surface area contributed by atoms with Gasteiger partial charge in [-0.1, -0.05) is 6.08 Å². The number of methoxy groups -OCH3 is 1. The van der Waals surface area contributed by atoms with Crippen LogP contribution in [0.3, 0.4) is 0 Å². The molecule has 0 rings (SSSR count). The van der Waals surface area contributed by atoms with Crippen LogP contribution in [0.1, 0.15) is 19.8 Å². The van der Waals surface area contributed by atoms with Crippen molar-refractivity contribution < 1.29 is 9.47 Å². The molecule has 1 unspecified atom stereocenters. The van der Waals surface area contributed by atoms with Crippen LogP contribution in [0.15, 0.2) is 12.7 Å². The Bertz CT molecular complexity index is 128. The van der Waals surface area contributed by atoms with Crippen LogP contribution in [0, 0.1) is 0 Å². The van der Waals surface area contributed by atoms with Crippen LogP contribution < -0.4 is 5.32 Å². The van der Waals surface area contributed by atoms with E-state index in [2.05, 4.69) is 18.8 Å². The van der Waals surface area contributed by atoms with Crippen molar-refractivity contribution in [2.75, 3.05) is 33.5 Å². The van der Waals surface area contributed by atoms with Gasteiger partial charge in [0.15, 0.2) is 0 Å². The maximum atomic E-state index is 5.40. The molecule has 0 aromatic carbocycles. The van der Waals surface area contributed by atoms with Crippen molar-refractivity contribution in [1.29, 1.82) is 0 Å². The van der Waals surface area contributed by atoms with Gasteiger partial charge in [0.05, 0.1) is 6.61 Å². The molecule has 3 nitrogen and oxygen atoms in total. The second-order valence-electron chi connectivity index (χ2n) is 3.34. The van der Waals surface area contributed by atoms with Gasteiger partial charge in [-0.2, -0.15) is 0 Å². The summed E-state index contributed by atoms with van der Waals surface area (Å²) in [7, 11) is 1.71. The van der Waals surface area contributed by atoms with E-state index in [1.165, 1.54) is 0 Å². The first-order valence-corrected chi connectivity index (χ1v) is 5.22. The molecule has 0 bridgehead atoms. The lowest BCUT2D eigenvalue weighted by Crippen LogP contribution is -2.29. The van der Waals surface area contributed by atoms with E-state index < -0.39 is 0 Å². The summed E-state index contributed by atoms with van der Waals surface area (Å²) in [6.07, 6.45) is 3.90. The molecule has 0 aliphatic carbocycles. The SMILES string of the molecule is C=CCC(C)NCCOCCCOC. The lowest BCUT2D eigenvalue weighted by Gasteiger charge is -2.11. The molecule has 1 atom stereocenters. The fourth-order valence-electron chi connectivity index (χ4n) is 1.12. The third-order valence-corrected chi connectivity index (χ3v) is 1.90. The Kier molecular flexibility index (Phi) is 10.4. The highest BCUT2D eigenvalue weighted by molar-refractivity contribution is 4.74. The summed E-state index contributed by atoms with van der Waals surface area (Å²) in [6.45, 7) is 9.07. The third-order valence-electron chi connectivity index (χ3n) is 1.90. The van der Waals surface area contributed by atoms with Crippen molar-refractivity contribution in [2.45, 2.75) is 25.8 Å². The van der Waals surface area contributed by atoms with Crippen LogP contribution in [0.5, 0.6) is 0 Å². The Morgan fingerprint density at radius 2 is 2.14 bits per heavy atom. The Labute approximate surface area is 87.5 Å². The maximum Gasteiger partial charge on any atom is 0.0591 e. The van der Waals surface area contributed by atoms with Gasteiger partial charge in [-0.25, -0.2) is 0 Å². The quantitative estimate of drug-likeness (QED) is 0.430. The zero-order chi connectivity index (χ0) is 10.6. The van der Waals surface area contributed by atoms with E-state index in [4.69, 9.17) is 9.47 Å². The van der Waals surface area contributed by atoms with Gasteiger partial charge >= 0.3 is 0 Å². The Morgan fingerprint density at radius 3 is 2.79 bits per heavy atom. The van der Waals surface area contributed by atoms with Gasteiger partial charge in [0, 0.05) is 32.9 Å². The lowest BCUT2D eigenvalue weighted by molar-refractivity contribution is 0.103. The van der Waals surface area contributed by atoms with Gasteiger partial charge in [-0.05, 0) is 19.8 Å². The van der Waals surface area contributed by atoms with E-state index in [1.807, 2.05) is 6.08 Å². The molecule has 0 spiro atoms. The molecular weight excluding hydrogens is 178 g/mol. The van der Waals surface area contributed by atoms with Gasteiger partial charge in [0.1, 0.15) is 0 Å². The standard InChI is InChI=1S/C11H23NO2/c1-4-6-11(2)12-7-10-14-9-5-8-13-3/h4,11-12H,1,5-10H2,2-3H3. The van der Waals surface area contributed by atoms with Crippen molar-refractivity contribution in [3.63, 3.8) is 0 Å². The van der Waals surface area contributed by atoms with Crippen LogP contribution in [0.25, 0.3) is 0 Å². The van der Waals surface area contributed by atoms with E-state index in [0.717, 1.165) is 39.2 Å². The maximum absolute atomic E-state index is 5.40. The molecule has 0 saturated carbocycles. The normalized spacial score (nSPS) is 12.7. The van der Waals surface area contributed by atoms with Crippen LogP contribution >= 0.6 is 0 Å². The first-order chi connectivity index (χ1) is 6.81. The summed E-state index contributed by atoms with van der Waals surface area (Å²) >= 11 is 0. The third kappa shape index (κ3) is 9.71. The molecule has 0 radical (unpaired) electrons. The number of hydrogen-bond acceptors (Lipinski definition) is 3. The first-order valence-electron chi connectivity index (χ1n) is 5.22. The fourth-order valence-corrected chi connectivity index (χ4v) is 1.12. The molecule has 14 heavy (non-hydrogen) atoms. The van der Waals surface area contributed by atoms with Gasteiger partial charge in [-0.15, -0.1) is 6.58 Å². The van der Waals surface area contributed by atoms with Crippen molar-refractivity contribution in [3.8, 4) is 0 Å². The molecular formula is C11H23NO2. The zero-order valence-corrected chi connectivity index (χ0v) is 9.42. The largest absolute Gasteiger partial charge is 0.385 e. The molecule has 84 valence electrons. The van der Waals surface area contributed by atoms with Gasteiger partial charge < -0.3 is 14.8 Å². The minimum Gasteiger partial charge on any atom is -0.385 e. The summed E-state index contributed by atoms with van der Waals surface area (Å²) in [5.41, 5.74) is 0. The lowest BCUT2D eigenvalue weighted by atomic mass is 10.2. The van der Waals surface area contributed by atoms with E-state index in [1.54, 1.807) is 7.11 Å². The molecule has 1 N–H and O–H groups in total. The minimum atomic E-state index is 0.495. The Morgan fingerprint density at radius 1 is 1.36 bits per heavy atom. The number of rotatable bonds is 10. The van der Waals surface area contributed by atoms with Gasteiger partial charge in [0.2, 0.25) is 0 Å². The van der Waals surface area contributed by atoms with Crippen molar-refractivity contribution >= 4 is 0 Å². The van der Waals surface area contributed by atoms with E-state index in [0.29, 0.717) is 6.04 Å². The number of ether oxygens (including phenoxy) is 2. The van der Waals surface area contributed by atoms with Crippen LogP contribution in [-0.2, 0) is 9.47 Å². The van der Waals surface area contributed by atoms with Gasteiger partial charge in [0.25, 0.3) is 0 Å². The summed E-state index contributed by atoms with van der Waals surface area (Å²) in [6, 6.07) is 0.495. The van der Waals surface area contributed by atoms with Crippen LogP contribution in [0.4, 0.5) is 0 Å². The summed E-state index contributed by atoms with van der Waals surface area (Å²) < 4.78 is 10.3. The van der Waals surface area contributed by atoms with E-state index >= 15 is 0 Å². The topological polar surface area (TPSA) is 30.5 Å². The molecule has 0 amide bonds. The first kappa shape index (κ1) is 13.6. The summed E-state index contributed by atoms with van der Waals surface area (Å²) in [4.78, 5) is 0. The summed E-state index contributed by atoms with van der Waals surface area (Å²) in [5, 5.41) is 3.35. The average molecular weight is 201 g/mol. The van der Waals surface area contributed by atoms with Gasteiger partial charge in [-0.3, -0.25) is 0 Å². The molecule has 0 aromatic heterocycles. The fraction of sp³-hybridized carbons (Fsp3) is 0.818. The second-order valence-corrected chi connectivity index (χ2v) is 3.34. The smallest absolute Gasteiger partial charge is 0.0591 e. The number of nitrogens with one attached hydrogen (secondary N) is 1. The number of hydrogen-bond donors (Lipinski definition) is 1. The van der Waals surface area contributed by atoms with E-state index in [-0.39, 0.29) is 0 Å². The van der Waals surface area contributed by atoms with E-state index in [9.17, 15) is 0 Å². The molecule has 0 aliphatic heterocycles. The highest BCUT2D eigenvalue weighted by atomic mass is 16.5. The molecule has 0 saturated heterocycles. The predicted molar refractivity (Wildman–Crippen MR) is 59.6 cm³/mol.